The summed E-state index contributed by atoms with van der Waals surface area (Å²) in [5, 5.41) is 13.5. The minimum atomic E-state index is -1.29. The number of carbonyl (C=O) groups excluding carboxylic acids is 2. The van der Waals surface area contributed by atoms with Crippen molar-refractivity contribution >= 4 is 17.6 Å². The van der Waals surface area contributed by atoms with Crippen LogP contribution in [0.15, 0.2) is 48.5 Å². The van der Waals surface area contributed by atoms with Crippen LogP contribution in [0.4, 0.5) is 10.5 Å². The summed E-state index contributed by atoms with van der Waals surface area (Å²) in [5.74, 6) is 0.912. The van der Waals surface area contributed by atoms with Gasteiger partial charge in [0.2, 0.25) is 0 Å². The summed E-state index contributed by atoms with van der Waals surface area (Å²) in [5.41, 5.74) is -0.905. The molecule has 30 heavy (non-hydrogen) atoms. The molecule has 1 atom stereocenters. The molecule has 0 saturated carbocycles. The number of nitro groups is 1. The van der Waals surface area contributed by atoms with Gasteiger partial charge in [0.15, 0.2) is 0 Å². The summed E-state index contributed by atoms with van der Waals surface area (Å²) in [6.07, 6.45) is 0.920. The van der Waals surface area contributed by atoms with E-state index in [0.29, 0.717) is 17.9 Å². The summed E-state index contributed by atoms with van der Waals surface area (Å²) in [6, 6.07) is 12.1. The first-order chi connectivity index (χ1) is 14.3. The smallest absolute Gasteiger partial charge is 0.325 e. The lowest BCUT2D eigenvalue weighted by Gasteiger charge is -2.22. The van der Waals surface area contributed by atoms with E-state index in [-0.39, 0.29) is 18.8 Å². The molecule has 3 rings (SSSR count). The van der Waals surface area contributed by atoms with Gasteiger partial charge in [-0.05, 0) is 55.3 Å². The number of ether oxygens (including phenoxy) is 2. The summed E-state index contributed by atoms with van der Waals surface area (Å²) in [6.45, 7) is 4.44. The zero-order valence-corrected chi connectivity index (χ0v) is 16.8. The van der Waals surface area contributed by atoms with E-state index >= 15 is 0 Å². The average Bonchev–Trinajstić information content (AvgIpc) is 2.97. The fraction of sp³-hybridized carbons (Fsp3) is 0.333. The second kappa shape index (κ2) is 8.81. The Morgan fingerprint density at radius 3 is 2.10 bits per heavy atom. The van der Waals surface area contributed by atoms with Crippen LogP contribution in [-0.2, 0) is 10.3 Å². The maximum Gasteiger partial charge on any atom is 0.325 e. The van der Waals surface area contributed by atoms with E-state index in [1.165, 1.54) is 24.3 Å². The molecule has 2 aromatic rings. The first kappa shape index (κ1) is 21.1. The molecule has 1 aliphatic rings. The van der Waals surface area contributed by atoms with Crippen molar-refractivity contribution in [2.24, 2.45) is 0 Å². The molecule has 2 aromatic carbocycles. The number of carbonyl (C=O) groups is 2. The monoisotopic (exact) mass is 413 g/mol. The Bertz CT molecular complexity index is 929. The van der Waals surface area contributed by atoms with Crippen LogP contribution in [0.2, 0.25) is 0 Å². The molecular formula is C21H23N3O6. The Kier molecular flexibility index (Phi) is 6.20. The highest BCUT2D eigenvalue weighted by atomic mass is 16.6. The predicted molar refractivity (Wildman–Crippen MR) is 108 cm³/mol. The number of benzene rings is 2. The number of non-ortho nitro benzene ring substituents is 1. The molecule has 0 spiro atoms. The van der Waals surface area contributed by atoms with Gasteiger partial charge in [-0.15, -0.1) is 0 Å². The molecule has 3 amide bonds. The van der Waals surface area contributed by atoms with Crippen LogP contribution in [0.5, 0.6) is 11.5 Å². The van der Waals surface area contributed by atoms with E-state index in [2.05, 4.69) is 5.32 Å². The molecular weight excluding hydrogens is 390 g/mol. The van der Waals surface area contributed by atoms with Crippen LogP contribution in [0.3, 0.4) is 0 Å². The quantitative estimate of drug-likeness (QED) is 0.384. The number of imide groups is 1. The number of hydrogen-bond acceptors (Lipinski definition) is 6. The van der Waals surface area contributed by atoms with Gasteiger partial charge >= 0.3 is 6.03 Å². The zero-order valence-electron chi connectivity index (χ0n) is 16.8. The number of nitrogens with one attached hydrogen (secondary N) is 1. The lowest BCUT2D eigenvalue weighted by atomic mass is 9.92. The van der Waals surface area contributed by atoms with Crippen molar-refractivity contribution < 1.29 is 24.0 Å². The molecule has 0 aromatic heterocycles. The first-order valence-electron chi connectivity index (χ1n) is 9.60. The van der Waals surface area contributed by atoms with Crippen molar-refractivity contribution in [1.29, 1.82) is 0 Å². The van der Waals surface area contributed by atoms with Crippen LogP contribution in [0.1, 0.15) is 25.8 Å². The fourth-order valence-corrected chi connectivity index (χ4v) is 3.12. The highest BCUT2D eigenvalue weighted by molar-refractivity contribution is 6.07. The predicted octanol–water partition coefficient (Wildman–Crippen LogP) is 3.23. The normalized spacial score (nSPS) is 18.3. The van der Waals surface area contributed by atoms with E-state index in [0.717, 1.165) is 17.1 Å². The van der Waals surface area contributed by atoms with Gasteiger partial charge in [0, 0.05) is 12.1 Å². The second-order valence-corrected chi connectivity index (χ2v) is 6.98. The molecule has 1 fully saturated rings. The zero-order chi connectivity index (χ0) is 21.7. The molecule has 0 radical (unpaired) electrons. The summed E-state index contributed by atoms with van der Waals surface area (Å²) < 4.78 is 11.1. The van der Waals surface area contributed by atoms with Gasteiger partial charge in [-0.1, -0.05) is 6.92 Å². The molecule has 9 nitrogen and oxygen atoms in total. The van der Waals surface area contributed by atoms with Gasteiger partial charge in [-0.2, -0.15) is 0 Å². The van der Waals surface area contributed by atoms with E-state index in [9.17, 15) is 19.7 Å². The summed E-state index contributed by atoms with van der Waals surface area (Å²) in [7, 11) is 0. The van der Waals surface area contributed by atoms with Crippen molar-refractivity contribution in [3.8, 4) is 11.5 Å². The van der Waals surface area contributed by atoms with Crippen molar-refractivity contribution in [2.45, 2.75) is 25.8 Å². The minimum absolute atomic E-state index is 0.0708. The van der Waals surface area contributed by atoms with Crippen LogP contribution in [-0.4, -0.2) is 41.5 Å². The highest BCUT2D eigenvalue weighted by Gasteiger charge is 2.48. The lowest BCUT2D eigenvalue weighted by Crippen LogP contribution is -2.41. The van der Waals surface area contributed by atoms with Crippen molar-refractivity contribution in [2.75, 3.05) is 19.8 Å². The number of urea groups is 1. The Morgan fingerprint density at radius 1 is 1.00 bits per heavy atom. The van der Waals surface area contributed by atoms with Crippen LogP contribution >= 0.6 is 0 Å². The number of nitro benzene ring substituents is 1. The van der Waals surface area contributed by atoms with Gasteiger partial charge in [0.1, 0.15) is 23.6 Å². The Balaban J connectivity index is 1.60. The third-order valence-electron chi connectivity index (χ3n) is 4.81. The SMILES string of the molecule is CCCOc1ccc(OCCN2C(=O)NC(C)(c3ccc([N+](=O)[O-])cc3)C2=O)cc1. The third-order valence-corrected chi connectivity index (χ3v) is 4.81. The van der Waals surface area contributed by atoms with Crippen molar-refractivity contribution in [3.05, 3.63) is 64.2 Å². The van der Waals surface area contributed by atoms with Crippen molar-refractivity contribution in [3.63, 3.8) is 0 Å². The van der Waals surface area contributed by atoms with Crippen LogP contribution < -0.4 is 14.8 Å². The standard InChI is InChI=1S/C21H23N3O6/c1-3-13-29-17-8-10-18(11-9-17)30-14-12-23-19(25)21(2,22-20(23)26)15-4-6-16(7-5-15)24(27)28/h4-11H,3,12-14H2,1-2H3,(H,22,26). The van der Waals surface area contributed by atoms with E-state index in [1.807, 2.05) is 6.92 Å². The van der Waals surface area contributed by atoms with Crippen molar-refractivity contribution in [1.82, 2.24) is 10.2 Å². The Morgan fingerprint density at radius 2 is 1.57 bits per heavy atom. The van der Waals surface area contributed by atoms with E-state index < -0.39 is 22.4 Å². The molecule has 158 valence electrons. The van der Waals surface area contributed by atoms with E-state index in [1.54, 1.807) is 31.2 Å². The number of hydrogen-bond donors (Lipinski definition) is 1. The Labute approximate surface area is 173 Å². The average molecular weight is 413 g/mol. The number of amides is 3. The molecule has 0 aliphatic carbocycles. The first-order valence-corrected chi connectivity index (χ1v) is 9.60. The maximum atomic E-state index is 12.9. The number of nitrogens with zero attached hydrogens (tertiary/aromatic N) is 2. The molecule has 1 heterocycles. The van der Waals surface area contributed by atoms with Gasteiger partial charge < -0.3 is 14.8 Å². The molecule has 0 bridgehead atoms. The van der Waals surface area contributed by atoms with Crippen LogP contribution in [0, 0.1) is 10.1 Å². The fourth-order valence-electron chi connectivity index (χ4n) is 3.12. The van der Waals surface area contributed by atoms with Gasteiger partial charge in [0.25, 0.3) is 11.6 Å². The molecule has 1 unspecified atom stereocenters. The van der Waals surface area contributed by atoms with Gasteiger partial charge in [-0.3, -0.25) is 19.8 Å². The van der Waals surface area contributed by atoms with Gasteiger partial charge in [-0.25, -0.2) is 4.79 Å². The highest BCUT2D eigenvalue weighted by Crippen LogP contribution is 2.30. The maximum absolute atomic E-state index is 12.9. The third kappa shape index (κ3) is 4.35. The lowest BCUT2D eigenvalue weighted by molar-refractivity contribution is -0.384. The molecule has 1 aliphatic heterocycles. The minimum Gasteiger partial charge on any atom is -0.494 e. The molecule has 9 heteroatoms. The second-order valence-electron chi connectivity index (χ2n) is 6.98. The summed E-state index contributed by atoms with van der Waals surface area (Å²) in [4.78, 5) is 36.6. The molecule has 1 N–H and O–H groups in total. The number of rotatable bonds is 9. The largest absolute Gasteiger partial charge is 0.494 e. The molecule has 1 saturated heterocycles. The Hall–Kier alpha value is -3.62. The topological polar surface area (TPSA) is 111 Å². The summed E-state index contributed by atoms with van der Waals surface area (Å²) >= 11 is 0. The van der Waals surface area contributed by atoms with E-state index in [4.69, 9.17) is 9.47 Å². The van der Waals surface area contributed by atoms with Gasteiger partial charge in [0.05, 0.1) is 18.1 Å². The van der Waals surface area contributed by atoms with Crippen LogP contribution in [0.25, 0.3) is 0 Å².